The van der Waals surface area contributed by atoms with Gasteiger partial charge in [0.05, 0.1) is 6.61 Å². The fourth-order valence-electron chi connectivity index (χ4n) is 15.4. The van der Waals surface area contributed by atoms with E-state index >= 15 is 0 Å². The van der Waals surface area contributed by atoms with Crippen LogP contribution >= 0.6 is 11.8 Å². The molecule has 2 atom stereocenters. The number of carbonyl (C=O) groups excluding carboxylic acids is 8. The van der Waals surface area contributed by atoms with E-state index < -0.39 is 0 Å². The molecule has 0 amide bonds. The van der Waals surface area contributed by atoms with Crippen molar-refractivity contribution >= 4 is 68.8 Å². The Balaban J connectivity index is 0.00000162. The van der Waals surface area contributed by atoms with Crippen LogP contribution in [0.1, 0.15) is 387 Å². The maximum atomic E-state index is 11.4. The van der Waals surface area contributed by atoms with Gasteiger partial charge in [0.2, 0.25) is 0 Å². The van der Waals surface area contributed by atoms with Gasteiger partial charge in [-0.3, -0.25) is 38.4 Å². The topological polar surface area (TPSA) is 155 Å². The van der Waals surface area contributed by atoms with E-state index in [1.54, 1.807) is 0 Å². The van der Waals surface area contributed by atoms with Crippen molar-refractivity contribution in [3.05, 3.63) is 294 Å². The number of benzene rings is 9. The van der Waals surface area contributed by atoms with Crippen LogP contribution in [-0.4, -0.2) is 65.2 Å². The summed E-state index contributed by atoms with van der Waals surface area (Å²) in [6.07, 6.45) is 36.3. The number of rotatable bonds is 52. The lowest BCUT2D eigenvalue weighted by Crippen LogP contribution is -2.16. The molecule has 1 aliphatic rings. The lowest BCUT2D eigenvalue weighted by Gasteiger charge is -2.21. The molecule has 0 N–H and O–H groups in total. The Labute approximate surface area is 915 Å². The van der Waals surface area contributed by atoms with Crippen molar-refractivity contribution in [1.29, 1.82) is 0 Å². The van der Waals surface area contributed by atoms with E-state index in [0.717, 1.165) is 144 Å². The van der Waals surface area contributed by atoms with Crippen LogP contribution in [0.4, 0.5) is 0 Å². The number of para-hydroxylation sites is 2. The molecule has 0 radical (unpaired) electrons. The van der Waals surface area contributed by atoms with E-state index in [9.17, 15) is 38.4 Å². The quantitative estimate of drug-likeness (QED) is 0.0203. The van der Waals surface area contributed by atoms with Crippen LogP contribution in [0.3, 0.4) is 0 Å². The van der Waals surface area contributed by atoms with Crippen LogP contribution in [0.2, 0.25) is 0 Å². The minimum atomic E-state index is 0.0451. The summed E-state index contributed by atoms with van der Waals surface area (Å²) < 4.78 is 10.8. The van der Waals surface area contributed by atoms with E-state index in [-0.39, 0.29) is 65.7 Å². The third-order valence-electron chi connectivity index (χ3n) is 25.9. The fraction of sp³-hybridized carbons (Fsp3) is 0.551. The molecule has 0 heterocycles. The van der Waals surface area contributed by atoms with Gasteiger partial charge in [-0.1, -0.05) is 454 Å². The number of ketones is 8. The van der Waals surface area contributed by atoms with Gasteiger partial charge in [-0.05, 0) is 240 Å². The largest absolute Gasteiger partial charge is 0.494 e. The van der Waals surface area contributed by atoms with Crippen molar-refractivity contribution in [1.82, 2.24) is 0 Å². The first-order chi connectivity index (χ1) is 70.9. The number of hydrogen-bond donors (Lipinski definition) is 0. The highest BCUT2D eigenvalue weighted by atomic mass is 32.2. The minimum Gasteiger partial charge on any atom is -0.494 e. The van der Waals surface area contributed by atoms with Crippen molar-refractivity contribution in [2.45, 2.75) is 398 Å². The summed E-state index contributed by atoms with van der Waals surface area (Å²) in [6, 6.07) is 85.1. The number of ether oxygens (including phenoxy) is 2. The van der Waals surface area contributed by atoms with Crippen molar-refractivity contribution in [2.75, 3.05) is 19.0 Å². The molecule has 826 valence electrons. The summed E-state index contributed by atoms with van der Waals surface area (Å²) in [5, 5.41) is 2.70. The van der Waals surface area contributed by atoms with Crippen LogP contribution in [0.25, 0.3) is 10.8 Å². The number of hydrogen-bond acceptors (Lipinski definition) is 11. The molecule has 0 aromatic heterocycles. The second-order valence-corrected chi connectivity index (χ2v) is 45.8. The smallest absolute Gasteiger partial charge is 0.172 e. The van der Waals surface area contributed by atoms with Gasteiger partial charge in [-0.2, -0.15) is 0 Å². The van der Waals surface area contributed by atoms with Crippen molar-refractivity contribution in [3.63, 3.8) is 0 Å². The number of aryl methyl sites for hydroxylation is 5. The number of carbonyl (C=O) groups is 8. The molecule has 2 unspecified atom stereocenters. The Morgan fingerprint density at radius 2 is 0.718 bits per heavy atom. The van der Waals surface area contributed by atoms with E-state index in [4.69, 9.17) is 9.47 Å². The van der Waals surface area contributed by atoms with Crippen LogP contribution in [0.5, 0.6) is 11.5 Å². The molecule has 10 nitrogen and oxygen atoms in total. The minimum absolute atomic E-state index is 0.0451. The van der Waals surface area contributed by atoms with E-state index in [0.29, 0.717) is 65.8 Å². The lowest BCUT2D eigenvalue weighted by molar-refractivity contribution is -0.125. The molecule has 0 saturated heterocycles. The van der Waals surface area contributed by atoms with Gasteiger partial charge >= 0.3 is 0 Å². The SMILES string of the molecule is CC(C)=CCCC(C)CC(=O)C(C)C.CC(C)C(=O)CCCCC1CCCCC1.CC(C)C(=O)CCCCCc1ccccc1.CC(C)C(=O)CCCCc1ccccc1.CC(C)C(=O)CCCOc1ccccc1.CC(C)C(=O)COc1ccccc1.CC(C)CCSc1ccccc1.CC(C)CCc1ccc2ccccc2c1.CC(C)Cc1ccccc1.CCC(C)C(=O)C(C)C.Cc1ccc(CCCC(=O)C(C)C)cc1. The third-order valence-corrected chi connectivity index (χ3v) is 26.9. The number of fused-ring (bicyclic) bond motifs is 1. The number of allylic oxidation sites excluding steroid dienone is 2. The third kappa shape index (κ3) is 79.9. The Kier molecular flexibility index (Phi) is 83.0. The molecule has 149 heavy (non-hydrogen) atoms. The van der Waals surface area contributed by atoms with Gasteiger partial charge in [0.1, 0.15) is 58.6 Å². The van der Waals surface area contributed by atoms with Gasteiger partial charge in [-0.25, -0.2) is 0 Å². The van der Waals surface area contributed by atoms with E-state index in [1.165, 1.54) is 137 Å². The highest BCUT2D eigenvalue weighted by Crippen LogP contribution is 2.29. The molecular weight excluding hydrogens is 1850 g/mol. The molecule has 9 aromatic carbocycles. The maximum Gasteiger partial charge on any atom is 0.172 e. The monoisotopic (exact) mass is 2060 g/mol. The first-order valence-electron chi connectivity index (χ1n) is 57.5. The Morgan fingerprint density at radius 3 is 1.15 bits per heavy atom. The summed E-state index contributed by atoms with van der Waals surface area (Å²) in [5.41, 5.74) is 9.66. The van der Waals surface area contributed by atoms with Gasteiger partial charge in [-0.15, -0.1) is 11.8 Å². The standard InChI is InChI=1S/C15H22O.C15H18.C14H20O.C14H26O.C14H20O.C13H18O2.C13H24O.C11H14O2.C11H16S.C10H14.C8H16O/c1-13(2)15(16)12-8-4-7-11-14-9-5-3-6-10-14;1-12(2)7-8-13-9-10-14-5-3-4-6-15(14)11-13;1-11(2)14(15)6-4-5-13-9-7-12(3)8-10-13;2*1-12(2)14(15)11-7-6-10-13-8-4-3-5-9-13;1-11(2)13(14)9-6-10-15-12-7-4-3-5-8-12;1-10(2)7-6-8-12(5)9-13(14)11(3)4;1-9(2)11(12)8-13-10-6-4-3-5-7-10;1-10(2)8-9-12-11-6-4-3-5-7-11;1-9(2)8-10-6-4-3-5-7-10;1-5-7(4)8(9)6(2)3/h3,5-6,9-10,13H,4,7-8,11-12H2,1-2H3;3-6,9-12H,7-8H2,1-2H3;7-11H,4-6H2,1-3H3;12-13H,3-11H2,1-2H3;3-5,8-9,12H,6-7,10-11H2,1-2H3;3-5,7-8,11H,6,9-10H2,1-2H3;7,11-12H,6,8-9H2,1-5H3;3-7,9H,8H2,1-2H3;3-7,10H,8-9H2,1-2H3;3-7,9H,8H2,1-2H3;6-7H,5H2,1-4H3. The molecule has 0 aliphatic heterocycles. The first-order valence-corrected chi connectivity index (χ1v) is 58.5. The average Bonchev–Trinajstić information content (AvgIpc) is 0.842. The Bertz CT molecular complexity index is 4780. The number of Topliss-reactive ketones (excluding diaryl/α,β-unsaturated/α-hetero) is 8. The van der Waals surface area contributed by atoms with Gasteiger partial charge < -0.3 is 9.47 Å². The summed E-state index contributed by atoms with van der Waals surface area (Å²) in [5.74, 6) is 11.2. The summed E-state index contributed by atoms with van der Waals surface area (Å²) in [4.78, 5) is 91.9. The zero-order valence-corrected chi connectivity index (χ0v) is 99.7. The normalized spacial score (nSPS) is 11.8. The predicted octanol–water partition coefficient (Wildman–Crippen LogP) is 38.3. The lowest BCUT2D eigenvalue weighted by atomic mass is 9.85. The second-order valence-electron chi connectivity index (χ2n) is 44.6. The summed E-state index contributed by atoms with van der Waals surface area (Å²) >= 11 is 1.95. The molecule has 11 heteroatoms. The molecule has 10 rings (SSSR count). The highest BCUT2D eigenvalue weighted by molar-refractivity contribution is 7.99. The van der Waals surface area contributed by atoms with Gasteiger partial charge in [0, 0.05) is 96.7 Å². The summed E-state index contributed by atoms with van der Waals surface area (Å²) in [6.45, 7) is 58.2. The van der Waals surface area contributed by atoms with Crippen LogP contribution in [-0.2, 0) is 70.5 Å². The van der Waals surface area contributed by atoms with Crippen LogP contribution in [0.15, 0.2) is 265 Å². The van der Waals surface area contributed by atoms with Crippen molar-refractivity contribution < 1.29 is 47.8 Å². The summed E-state index contributed by atoms with van der Waals surface area (Å²) in [7, 11) is 0. The highest BCUT2D eigenvalue weighted by Gasteiger charge is 2.18. The van der Waals surface area contributed by atoms with Gasteiger partial charge in [0.15, 0.2) is 5.78 Å². The molecule has 0 spiro atoms. The van der Waals surface area contributed by atoms with E-state index in [1.807, 2.05) is 209 Å². The van der Waals surface area contributed by atoms with Crippen LogP contribution < -0.4 is 9.47 Å². The average molecular weight is 2060 g/mol. The number of thioether (sulfide) groups is 1. The molecule has 1 saturated carbocycles. The molecule has 0 bridgehead atoms. The molecule has 9 aromatic rings. The Morgan fingerprint density at radius 1 is 0.336 bits per heavy atom. The van der Waals surface area contributed by atoms with E-state index in [2.05, 4.69) is 251 Å². The number of unbranched alkanes of at least 4 members (excludes halogenated alkanes) is 4. The predicted molar refractivity (Wildman–Crippen MR) is 644 cm³/mol. The van der Waals surface area contributed by atoms with Gasteiger partial charge in [0.25, 0.3) is 0 Å². The fourth-order valence-corrected chi connectivity index (χ4v) is 16.5. The Hall–Kier alpha value is -9.71. The molecule has 1 fully saturated rings. The molecule has 1 aliphatic carbocycles. The van der Waals surface area contributed by atoms with Crippen molar-refractivity contribution in [3.8, 4) is 11.5 Å². The van der Waals surface area contributed by atoms with Crippen LogP contribution in [0, 0.1) is 89.8 Å². The first kappa shape index (κ1) is 139. The zero-order chi connectivity index (χ0) is 111. The molecular formula is C138H208O10S. The zero-order valence-electron chi connectivity index (χ0n) is 98.9. The second kappa shape index (κ2) is 88.8. The maximum absolute atomic E-state index is 11.4. The van der Waals surface area contributed by atoms with Crippen molar-refractivity contribution in [2.24, 2.45) is 82.9 Å².